The molecule has 2 heterocycles. The van der Waals surface area contributed by atoms with Crippen LogP contribution >= 0.6 is 0 Å². The predicted molar refractivity (Wildman–Crippen MR) is 103 cm³/mol. The molecule has 0 unspecified atom stereocenters. The molecular weight excluding hydrogens is 359 g/mol. The molecule has 6 nitrogen and oxygen atoms in total. The summed E-state index contributed by atoms with van der Waals surface area (Å²) in [5, 5.41) is 10.7. The molecule has 1 aliphatic rings. The van der Waals surface area contributed by atoms with Gasteiger partial charge in [0, 0.05) is 43.3 Å². The van der Waals surface area contributed by atoms with Crippen molar-refractivity contribution in [2.75, 3.05) is 0 Å². The summed E-state index contributed by atoms with van der Waals surface area (Å²) in [6.07, 6.45) is 4.41. The van der Waals surface area contributed by atoms with Crippen molar-refractivity contribution in [1.29, 1.82) is 0 Å². The molecule has 4 rings (SSSR count). The maximum atomic E-state index is 13.6. The summed E-state index contributed by atoms with van der Waals surface area (Å²) >= 11 is 0. The van der Waals surface area contributed by atoms with E-state index in [1.165, 1.54) is 13.1 Å². The molecule has 7 heteroatoms. The van der Waals surface area contributed by atoms with Crippen molar-refractivity contribution in [1.82, 2.24) is 20.5 Å². The van der Waals surface area contributed by atoms with Crippen LogP contribution < -0.4 is 5.32 Å². The maximum Gasteiger partial charge on any atom is 0.270 e. The minimum absolute atomic E-state index is 0.0450. The van der Waals surface area contributed by atoms with Crippen LogP contribution in [0.15, 0.2) is 42.7 Å². The summed E-state index contributed by atoms with van der Waals surface area (Å²) in [5.74, 6) is -0.289. The minimum atomic E-state index is -1.20. The number of benzene rings is 1. The quantitative estimate of drug-likeness (QED) is 0.688. The van der Waals surface area contributed by atoms with Crippen molar-refractivity contribution in [3.05, 3.63) is 59.5 Å². The number of pyridine rings is 1. The second kappa shape index (κ2) is 7.14. The van der Waals surface area contributed by atoms with Crippen LogP contribution in [-0.2, 0) is 17.6 Å². The van der Waals surface area contributed by atoms with Gasteiger partial charge in [0.05, 0.1) is 11.7 Å². The lowest BCUT2D eigenvalue weighted by Crippen LogP contribution is -2.51. The first-order valence-corrected chi connectivity index (χ1v) is 9.26. The van der Waals surface area contributed by atoms with Crippen molar-refractivity contribution in [3.8, 4) is 0 Å². The van der Waals surface area contributed by atoms with Crippen LogP contribution in [0.3, 0.4) is 0 Å². The number of nitrogens with one attached hydrogen (secondary N) is 2. The van der Waals surface area contributed by atoms with Gasteiger partial charge in [0.1, 0.15) is 17.1 Å². The van der Waals surface area contributed by atoms with Crippen molar-refractivity contribution < 1.29 is 14.0 Å². The zero-order valence-corrected chi connectivity index (χ0v) is 15.5. The van der Waals surface area contributed by atoms with Crippen molar-refractivity contribution >= 4 is 22.6 Å². The number of carbonyl (C=O) groups excluding carboxylic acids is 2. The topological polar surface area (TPSA) is 87.7 Å². The Balaban J connectivity index is 1.37. The number of H-pyrrole nitrogens is 1. The molecule has 1 amide bonds. The summed E-state index contributed by atoms with van der Waals surface area (Å²) in [5.41, 5.74) is 1.59. The van der Waals surface area contributed by atoms with E-state index in [2.05, 4.69) is 20.5 Å². The highest BCUT2D eigenvalue weighted by Crippen LogP contribution is 2.35. The Bertz CT molecular complexity index is 1040. The van der Waals surface area contributed by atoms with Gasteiger partial charge in [0.15, 0.2) is 0 Å². The smallest absolute Gasteiger partial charge is 0.270 e. The molecule has 0 atom stereocenters. The van der Waals surface area contributed by atoms with Gasteiger partial charge >= 0.3 is 0 Å². The molecule has 1 aromatic carbocycles. The number of nitrogens with zero attached hydrogens (tertiary/aromatic N) is 2. The number of amides is 1. The van der Waals surface area contributed by atoms with Gasteiger partial charge in [-0.25, -0.2) is 4.39 Å². The number of halogens is 1. The van der Waals surface area contributed by atoms with E-state index in [0.717, 1.165) is 22.0 Å². The van der Waals surface area contributed by atoms with Gasteiger partial charge in [-0.2, -0.15) is 5.10 Å². The van der Waals surface area contributed by atoms with Crippen LogP contribution in [0.5, 0.6) is 0 Å². The molecule has 0 aliphatic heterocycles. The monoisotopic (exact) mass is 380 g/mol. The fourth-order valence-electron chi connectivity index (χ4n) is 3.65. The SMILES string of the molecule is CC1(F)CC(NC(=O)c2cc(CC(=O)Cc3ccc4cn[nH]c4c3)ccn2)C1. The molecule has 0 saturated heterocycles. The highest BCUT2D eigenvalue weighted by Gasteiger charge is 2.41. The van der Waals surface area contributed by atoms with E-state index in [-0.39, 0.29) is 29.8 Å². The Morgan fingerprint density at radius 2 is 1.96 bits per heavy atom. The first kappa shape index (κ1) is 18.3. The fraction of sp³-hybridized carbons (Fsp3) is 0.333. The Hall–Kier alpha value is -3.09. The van der Waals surface area contributed by atoms with E-state index >= 15 is 0 Å². The maximum absolute atomic E-state index is 13.6. The van der Waals surface area contributed by atoms with Gasteiger partial charge < -0.3 is 5.32 Å². The van der Waals surface area contributed by atoms with Crippen LogP contribution in [0.25, 0.3) is 10.9 Å². The van der Waals surface area contributed by atoms with E-state index in [1.807, 2.05) is 18.2 Å². The lowest BCUT2D eigenvalue weighted by molar-refractivity contribution is -0.117. The minimum Gasteiger partial charge on any atom is -0.348 e. The van der Waals surface area contributed by atoms with E-state index in [4.69, 9.17) is 0 Å². The molecule has 1 saturated carbocycles. The second-order valence-corrected chi connectivity index (χ2v) is 7.73. The third-order valence-electron chi connectivity index (χ3n) is 5.05. The zero-order chi connectivity index (χ0) is 19.7. The van der Waals surface area contributed by atoms with Crippen molar-refractivity contribution in [2.24, 2.45) is 0 Å². The number of ketones is 1. The van der Waals surface area contributed by atoms with E-state index in [0.29, 0.717) is 19.3 Å². The number of hydrogen-bond acceptors (Lipinski definition) is 4. The Morgan fingerprint density at radius 3 is 2.71 bits per heavy atom. The number of aromatic nitrogens is 3. The molecule has 0 radical (unpaired) electrons. The third kappa shape index (κ3) is 4.08. The van der Waals surface area contributed by atoms with Crippen LogP contribution in [0, 0.1) is 0 Å². The van der Waals surface area contributed by atoms with Gasteiger partial charge in [-0.05, 0) is 36.2 Å². The Kier molecular flexibility index (Phi) is 4.66. The van der Waals surface area contributed by atoms with Crippen LogP contribution in [0.2, 0.25) is 0 Å². The first-order chi connectivity index (χ1) is 13.4. The van der Waals surface area contributed by atoms with E-state index in [1.54, 1.807) is 18.3 Å². The molecule has 3 aromatic rings. The first-order valence-electron chi connectivity index (χ1n) is 9.26. The number of rotatable bonds is 6. The van der Waals surface area contributed by atoms with Gasteiger partial charge in [0.25, 0.3) is 5.91 Å². The van der Waals surface area contributed by atoms with Crippen molar-refractivity contribution in [3.63, 3.8) is 0 Å². The van der Waals surface area contributed by atoms with Crippen LogP contribution in [-0.4, -0.2) is 38.6 Å². The Morgan fingerprint density at radius 1 is 1.21 bits per heavy atom. The summed E-state index contributed by atoms with van der Waals surface area (Å²) in [7, 11) is 0. The van der Waals surface area contributed by atoms with Gasteiger partial charge in [-0.3, -0.25) is 19.7 Å². The number of aromatic amines is 1. The molecule has 28 heavy (non-hydrogen) atoms. The molecule has 2 aromatic heterocycles. The Labute approximate surface area is 161 Å². The van der Waals surface area contributed by atoms with Crippen molar-refractivity contribution in [2.45, 2.75) is 44.3 Å². The molecule has 144 valence electrons. The third-order valence-corrected chi connectivity index (χ3v) is 5.05. The number of fused-ring (bicyclic) bond motifs is 1. The molecule has 0 spiro atoms. The highest BCUT2D eigenvalue weighted by atomic mass is 19.1. The average molecular weight is 380 g/mol. The highest BCUT2D eigenvalue weighted by molar-refractivity contribution is 5.93. The van der Waals surface area contributed by atoms with Crippen LogP contribution in [0.4, 0.5) is 4.39 Å². The summed E-state index contributed by atoms with van der Waals surface area (Å²) < 4.78 is 13.6. The summed E-state index contributed by atoms with van der Waals surface area (Å²) in [6.45, 7) is 1.53. The van der Waals surface area contributed by atoms with Crippen LogP contribution in [0.1, 0.15) is 41.4 Å². The number of alkyl halides is 1. The number of hydrogen-bond donors (Lipinski definition) is 2. The predicted octanol–water partition coefficient (Wildman–Crippen LogP) is 2.93. The zero-order valence-electron chi connectivity index (χ0n) is 15.5. The summed E-state index contributed by atoms with van der Waals surface area (Å²) in [6, 6.07) is 8.96. The molecule has 2 N–H and O–H groups in total. The lowest BCUT2D eigenvalue weighted by Gasteiger charge is -2.38. The second-order valence-electron chi connectivity index (χ2n) is 7.73. The average Bonchev–Trinajstić information content (AvgIpc) is 3.08. The van der Waals surface area contributed by atoms with Gasteiger partial charge in [-0.1, -0.05) is 12.1 Å². The van der Waals surface area contributed by atoms with Gasteiger partial charge in [-0.15, -0.1) is 0 Å². The normalized spacial score (nSPS) is 21.3. The lowest BCUT2D eigenvalue weighted by atomic mass is 9.79. The fourth-order valence-corrected chi connectivity index (χ4v) is 3.65. The largest absolute Gasteiger partial charge is 0.348 e. The van der Waals surface area contributed by atoms with Gasteiger partial charge in [0.2, 0.25) is 0 Å². The summed E-state index contributed by atoms with van der Waals surface area (Å²) in [4.78, 5) is 28.8. The standard InChI is InChI=1S/C21H21FN4O2/c1-21(22)10-16(11-21)25-20(28)19-9-14(4-5-23-19)7-17(27)6-13-2-3-15-12-24-26-18(15)8-13/h2-5,8-9,12,16H,6-7,10-11H2,1H3,(H,24,26)(H,25,28). The van der Waals surface area contributed by atoms with E-state index in [9.17, 15) is 14.0 Å². The van der Waals surface area contributed by atoms with E-state index < -0.39 is 5.67 Å². The molecule has 1 fully saturated rings. The number of carbonyl (C=O) groups is 2. The molecule has 1 aliphatic carbocycles. The molecule has 0 bridgehead atoms. The molecular formula is C21H21FN4O2. The number of Topliss-reactive ketones (excluding diaryl/α,β-unsaturated/α-hetero) is 1.